The first-order valence-corrected chi connectivity index (χ1v) is 11.9. The molecular weight excluding hydrogens is 438 g/mol. The number of nitrogens with zero attached hydrogens (tertiary/aromatic N) is 2. The summed E-state index contributed by atoms with van der Waals surface area (Å²) in [7, 11) is 0. The topological polar surface area (TPSA) is 62.3 Å². The van der Waals surface area contributed by atoms with Crippen molar-refractivity contribution in [2.45, 2.75) is 12.5 Å². The molecule has 1 N–H and O–H groups in total. The fourth-order valence-electron chi connectivity index (χ4n) is 3.19. The van der Waals surface area contributed by atoms with Crippen molar-refractivity contribution in [1.82, 2.24) is 15.2 Å². The standard InChI is InChI=1S/C22H20ClN3O2S2/c23-17-8-6-16(7-9-17)22(28)26-14-29-13-19(26)20(27)24-11-10-18-12-30-21(25-18)15-4-2-1-3-5-15/h1-9,12,19H,10-11,13-14H2,(H,24,27)/t19-/m1/s1. The number of nitrogens with one attached hydrogen (secondary N) is 1. The van der Waals surface area contributed by atoms with Crippen LogP contribution in [0.5, 0.6) is 0 Å². The van der Waals surface area contributed by atoms with Crippen LogP contribution in [0, 0.1) is 0 Å². The number of aromatic nitrogens is 1. The lowest BCUT2D eigenvalue weighted by atomic mass is 10.1. The number of carbonyl (C=O) groups excluding carboxylic acids is 2. The van der Waals surface area contributed by atoms with E-state index in [9.17, 15) is 9.59 Å². The molecule has 0 aliphatic carbocycles. The average molecular weight is 458 g/mol. The Labute approximate surface area is 188 Å². The molecule has 0 spiro atoms. The van der Waals surface area contributed by atoms with Gasteiger partial charge in [-0.25, -0.2) is 4.98 Å². The van der Waals surface area contributed by atoms with Crippen molar-refractivity contribution >= 4 is 46.5 Å². The van der Waals surface area contributed by atoms with Crippen LogP contribution < -0.4 is 5.32 Å². The fraction of sp³-hybridized carbons (Fsp3) is 0.227. The van der Waals surface area contributed by atoms with Gasteiger partial charge in [0.05, 0.1) is 11.6 Å². The first-order chi connectivity index (χ1) is 14.6. The van der Waals surface area contributed by atoms with E-state index in [0.29, 0.717) is 35.2 Å². The predicted molar refractivity (Wildman–Crippen MR) is 123 cm³/mol. The molecule has 2 aromatic carbocycles. The van der Waals surface area contributed by atoms with E-state index in [1.54, 1.807) is 52.3 Å². The Balaban J connectivity index is 1.32. The van der Waals surface area contributed by atoms with E-state index in [0.717, 1.165) is 16.3 Å². The molecule has 0 radical (unpaired) electrons. The molecular formula is C22H20ClN3O2S2. The summed E-state index contributed by atoms with van der Waals surface area (Å²) >= 11 is 9.08. The SMILES string of the molecule is O=C(NCCc1csc(-c2ccccc2)n1)[C@H]1CSCN1C(=O)c1ccc(Cl)cc1. The van der Waals surface area contributed by atoms with Crippen LogP contribution in [0.2, 0.25) is 5.02 Å². The Morgan fingerprint density at radius 3 is 2.67 bits per heavy atom. The summed E-state index contributed by atoms with van der Waals surface area (Å²) < 4.78 is 0. The van der Waals surface area contributed by atoms with Gasteiger partial charge in [0, 0.05) is 40.2 Å². The third-order valence-electron chi connectivity index (χ3n) is 4.79. The first kappa shape index (κ1) is 20.9. The van der Waals surface area contributed by atoms with E-state index in [2.05, 4.69) is 10.3 Å². The zero-order valence-corrected chi connectivity index (χ0v) is 18.5. The van der Waals surface area contributed by atoms with Crippen LogP contribution in [-0.4, -0.2) is 45.9 Å². The highest BCUT2D eigenvalue weighted by Crippen LogP contribution is 2.25. The summed E-state index contributed by atoms with van der Waals surface area (Å²) in [5.41, 5.74) is 2.58. The minimum Gasteiger partial charge on any atom is -0.354 e. The van der Waals surface area contributed by atoms with Crippen molar-refractivity contribution in [3.63, 3.8) is 0 Å². The van der Waals surface area contributed by atoms with Crippen molar-refractivity contribution in [2.75, 3.05) is 18.2 Å². The second-order valence-electron chi connectivity index (χ2n) is 6.85. The minimum absolute atomic E-state index is 0.124. The maximum atomic E-state index is 12.8. The highest BCUT2D eigenvalue weighted by atomic mass is 35.5. The van der Waals surface area contributed by atoms with E-state index in [1.165, 1.54) is 0 Å². The van der Waals surface area contributed by atoms with Gasteiger partial charge in [-0.2, -0.15) is 0 Å². The fourth-order valence-corrected chi connectivity index (χ4v) is 5.33. The zero-order valence-electron chi connectivity index (χ0n) is 16.1. The first-order valence-electron chi connectivity index (χ1n) is 9.53. The van der Waals surface area contributed by atoms with Crippen LogP contribution in [0.3, 0.4) is 0 Å². The van der Waals surface area contributed by atoms with Crippen LogP contribution >= 0.6 is 34.7 Å². The number of thiazole rings is 1. The van der Waals surface area contributed by atoms with Crippen LogP contribution in [-0.2, 0) is 11.2 Å². The molecule has 1 aliphatic heterocycles. The summed E-state index contributed by atoms with van der Waals surface area (Å²) in [6.45, 7) is 0.487. The number of rotatable bonds is 6. The van der Waals surface area contributed by atoms with E-state index in [-0.39, 0.29) is 11.8 Å². The lowest BCUT2D eigenvalue weighted by molar-refractivity contribution is -0.124. The largest absolute Gasteiger partial charge is 0.354 e. The normalized spacial score (nSPS) is 15.9. The molecule has 1 fully saturated rings. The minimum atomic E-state index is -0.464. The Hall–Kier alpha value is -2.35. The maximum Gasteiger partial charge on any atom is 0.255 e. The van der Waals surface area contributed by atoms with E-state index in [1.807, 2.05) is 35.7 Å². The van der Waals surface area contributed by atoms with Gasteiger partial charge in [-0.05, 0) is 24.3 Å². The maximum absolute atomic E-state index is 12.8. The van der Waals surface area contributed by atoms with Crippen molar-refractivity contribution in [2.24, 2.45) is 0 Å². The van der Waals surface area contributed by atoms with E-state index >= 15 is 0 Å². The second kappa shape index (κ2) is 9.64. The molecule has 2 heterocycles. The van der Waals surface area contributed by atoms with Gasteiger partial charge < -0.3 is 10.2 Å². The number of amides is 2. The molecule has 30 heavy (non-hydrogen) atoms. The van der Waals surface area contributed by atoms with Gasteiger partial charge in [0.25, 0.3) is 5.91 Å². The molecule has 0 saturated carbocycles. The summed E-state index contributed by atoms with van der Waals surface area (Å²) in [5, 5.41) is 6.54. The summed E-state index contributed by atoms with van der Waals surface area (Å²) in [6, 6.07) is 16.3. The Bertz CT molecular complexity index is 1020. The molecule has 2 amide bonds. The number of benzene rings is 2. The summed E-state index contributed by atoms with van der Waals surface area (Å²) in [4.78, 5) is 31.8. The number of halogens is 1. The lowest BCUT2D eigenvalue weighted by Crippen LogP contribution is -2.47. The van der Waals surface area contributed by atoms with Crippen LogP contribution in [0.15, 0.2) is 60.0 Å². The second-order valence-corrected chi connectivity index (χ2v) is 9.14. The highest BCUT2D eigenvalue weighted by Gasteiger charge is 2.34. The molecule has 1 aliphatic rings. The Morgan fingerprint density at radius 1 is 1.13 bits per heavy atom. The van der Waals surface area contributed by atoms with Gasteiger partial charge in [-0.15, -0.1) is 23.1 Å². The molecule has 1 saturated heterocycles. The predicted octanol–water partition coefficient (Wildman–Crippen LogP) is 4.34. The van der Waals surface area contributed by atoms with Crippen LogP contribution in [0.25, 0.3) is 10.6 Å². The average Bonchev–Trinajstić information content (AvgIpc) is 3.44. The molecule has 1 atom stereocenters. The van der Waals surface area contributed by atoms with Gasteiger partial charge in [0.1, 0.15) is 11.0 Å². The third kappa shape index (κ3) is 4.86. The Morgan fingerprint density at radius 2 is 1.90 bits per heavy atom. The number of hydrogen-bond donors (Lipinski definition) is 1. The van der Waals surface area contributed by atoms with Crippen molar-refractivity contribution < 1.29 is 9.59 Å². The number of carbonyl (C=O) groups is 2. The monoisotopic (exact) mass is 457 g/mol. The molecule has 4 rings (SSSR count). The number of thioether (sulfide) groups is 1. The van der Waals surface area contributed by atoms with Crippen molar-refractivity contribution in [1.29, 1.82) is 0 Å². The molecule has 3 aromatic rings. The van der Waals surface area contributed by atoms with Crippen molar-refractivity contribution in [3.8, 4) is 10.6 Å². The van der Waals surface area contributed by atoms with E-state index in [4.69, 9.17) is 11.6 Å². The van der Waals surface area contributed by atoms with Gasteiger partial charge in [-0.3, -0.25) is 9.59 Å². The van der Waals surface area contributed by atoms with Gasteiger partial charge in [0.2, 0.25) is 5.91 Å². The highest BCUT2D eigenvalue weighted by molar-refractivity contribution is 7.99. The zero-order chi connectivity index (χ0) is 20.9. The van der Waals surface area contributed by atoms with Gasteiger partial charge in [0.15, 0.2) is 0 Å². The van der Waals surface area contributed by atoms with Crippen LogP contribution in [0.4, 0.5) is 0 Å². The third-order valence-corrected chi connectivity index (χ3v) is 6.99. The molecule has 8 heteroatoms. The van der Waals surface area contributed by atoms with Crippen molar-refractivity contribution in [3.05, 3.63) is 76.3 Å². The Kier molecular flexibility index (Phi) is 6.72. The van der Waals surface area contributed by atoms with E-state index < -0.39 is 6.04 Å². The summed E-state index contributed by atoms with van der Waals surface area (Å²) in [5.74, 6) is 0.830. The van der Waals surface area contributed by atoms with Crippen LogP contribution in [0.1, 0.15) is 16.1 Å². The molecule has 154 valence electrons. The quantitative estimate of drug-likeness (QED) is 0.598. The van der Waals surface area contributed by atoms with Gasteiger partial charge in [-0.1, -0.05) is 41.9 Å². The summed E-state index contributed by atoms with van der Waals surface area (Å²) in [6.07, 6.45) is 0.653. The smallest absolute Gasteiger partial charge is 0.255 e. The molecule has 1 aromatic heterocycles. The molecule has 0 unspecified atom stereocenters. The molecule has 5 nitrogen and oxygen atoms in total. The number of hydrogen-bond acceptors (Lipinski definition) is 5. The van der Waals surface area contributed by atoms with Gasteiger partial charge >= 0.3 is 0 Å². The lowest BCUT2D eigenvalue weighted by Gasteiger charge is -2.23. The molecule has 0 bridgehead atoms.